The van der Waals surface area contributed by atoms with Crippen LogP contribution in [-0.2, 0) is 26.2 Å². The Morgan fingerprint density at radius 3 is 2.34 bits per heavy atom. The number of fused-ring (bicyclic) bond motifs is 1. The van der Waals surface area contributed by atoms with Gasteiger partial charge in [-0.1, -0.05) is 43.0 Å². The topological polar surface area (TPSA) is 105 Å². The number of sulfonamides is 1. The molecule has 1 aliphatic carbocycles. The lowest BCUT2D eigenvalue weighted by atomic mass is 9.95. The molecule has 0 aromatic heterocycles. The summed E-state index contributed by atoms with van der Waals surface area (Å²) < 4.78 is 37.8. The zero-order chi connectivity index (χ0) is 27.3. The summed E-state index contributed by atoms with van der Waals surface area (Å²) >= 11 is 6.03. The number of carbonyl (C=O) groups is 2. The molecule has 38 heavy (non-hydrogen) atoms. The van der Waals surface area contributed by atoms with E-state index in [1.165, 1.54) is 4.90 Å². The highest BCUT2D eigenvalue weighted by atomic mass is 35.5. The molecule has 2 aliphatic rings. The molecule has 2 aromatic rings. The standard InChI is InChI=1S/C27H34ClN3O6S/c1-19(27(33)29-22-6-4-3-5-7-22)30(17-20-8-10-21(28)11-9-20)26(32)18-31(38(2,34)35)23-12-13-24-25(16-23)37-15-14-36-24/h8-13,16,19,22H,3-7,14-15,17-18H2,1-2H3,(H,29,33). The van der Waals surface area contributed by atoms with Crippen LogP contribution in [-0.4, -0.2) is 63.2 Å². The number of carbonyl (C=O) groups excluding carboxylic acids is 2. The van der Waals surface area contributed by atoms with E-state index in [0.29, 0.717) is 29.7 Å². The summed E-state index contributed by atoms with van der Waals surface area (Å²) in [6.45, 7) is 2.06. The van der Waals surface area contributed by atoms with E-state index in [9.17, 15) is 18.0 Å². The Hall–Kier alpha value is -2.98. The molecule has 11 heteroatoms. The van der Waals surface area contributed by atoms with Crippen LogP contribution in [0.15, 0.2) is 42.5 Å². The van der Waals surface area contributed by atoms with E-state index in [2.05, 4.69) is 5.32 Å². The van der Waals surface area contributed by atoms with Crippen molar-refractivity contribution in [2.45, 2.75) is 57.7 Å². The highest BCUT2D eigenvalue weighted by Crippen LogP contribution is 2.34. The maximum absolute atomic E-state index is 13.7. The van der Waals surface area contributed by atoms with Gasteiger partial charge in [-0.25, -0.2) is 8.42 Å². The van der Waals surface area contributed by atoms with Crippen LogP contribution >= 0.6 is 11.6 Å². The Kier molecular flexibility index (Phi) is 9.04. The minimum atomic E-state index is -3.85. The molecule has 9 nitrogen and oxygen atoms in total. The maximum atomic E-state index is 13.7. The van der Waals surface area contributed by atoms with Crippen LogP contribution in [0.4, 0.5) is 5.69 Å². The number of nitrogens with one attached hydrogen (secondary N) is 1. The molecule has 1 heterocycles. The largest absolute Gasteiger partial charge is 0.486 e. The van der Waals surface area contributed by atoms with Crippen molar-refractivity contribution in [2.24, 2.45) is 0 Å². The first-order valence-electron chi connectivity index (χ1n) is 12.8. The van der Waals surface area contributed by atoms with Crippen LogP contribution in [0.2, 0.25) is 5.02 Å². The van der Waals surface area contributed by atoms with Crippen molar-refractivity contribution < 1.29 is 27.5 Å². The number of nitrogens with zero attached hydrogens (tertiary/aromatic N) is 2. The van der Waals surface area contributed by atoms with Gasteiger partial charge in [0.15, 0.2) is 11.5 Å². The van der Waals surface area contributed by atoms with Crippen molar-refractivity contribution in [3.8, 4) is 11.5 Å². The Morgan fingerprint density at radius 1 is 1.03 bits per heavy atom. The molecular formula is C27H34ClN3O6S. The Bertz CT molecular complexity index is 1250. The van der Waals surface area contributed by atoms with E-state index in [1.807, 2.05) is 0 Å². The van der Waals surface area contributed by atoms with Crippen molar-refractivity contribution >= 4 is 39.1 Å². The van der Waals surface area contributed by atoms with Gasteiger partial charge in [0.05, 0.1) is 11.9 Å². The molecule has 206 valence electrons. The second kappa shape index (κ2) is 12.3. The Morgan fingerprint density at radius 2 is 1.68 bits per heavy atom. The molecule has 1 fully saturated rings. The minimum absolute atomic E-state index is 0.0800. The molecule has 4 rings (SSSR count). The van der Waals surface area contributed by atoms with Gasteiger partial charge in [-0.2, -0.15) is 0 Å². The summed E-state index contributed by atoms with van der Waals surface area (Å²) in [5, 5.41) is 3.63. The predicted octanol–water partition coefficient (Wildman–Crippen LogP) is 3.74. The zero-order valence-corrected chi connectivity index (χ0v) is 23.3. The van der Waals surface area contributed by atoms with Crippen LogP contribution in [0.25, 0.3) is 0 Å². The molecular weight excluding hydrogens is 530 g/mol. The molecule has 0 spiro atoms. The van der Waals surface area contributed by atoms with Gasteiger partial charge in [0.25, 0.3) is 0 Å². The van der Waals surface area contributed by atoms with Gasteiger partial charge in [0.1, 0.15) is 25.8 Å². The number of hydrogen-bond donors (Lipinski definition) is 1. The van der Waals surface area contributed by atoms with Crippen molar-refractivity contribution in [1.29, 1.82) is 0 Å². The van der Waals surface area contributed by atoms with E-state index >= 15 is 0 Å². The van der Waals surface area contributed by atoms with Gasteiger partial charge in [-0.05, 0) is 49.6 Å². The molecule has 1 atom stereocenters. The smallest absolute Gasteiger partial charge is 0.244 e. The predicted molar refractivity (Wildman–Crippen MR) is 146 cm³/mol. The molecule has 1 unspecified atom stereocenters. The normalized spacial score (nSPS) is 16.4. The zero-order valence-electron chi connectivity index (χ0n) is 21.7. The van der Waals surface area contributed by atoms with Gasteiger partial charge in [0, 0.05) is 23.7 Å². The fourth-order valence-electron chi connectivity index (χ4n) is 4.74. The highest BCUT2D eigenvalue weighted by Gasteiger charge is 2.31. The molecule has 0 saturated heterocycles. The third-order valence-corrected chi connectivity index (χ3v) is 8.27. The monoisotopic (exact) mass is 563 g/mol. The van der Waals surface area contributed by atoms with Crippen LogP contribution in [0, 0.1) is 0 Å². The first-order chi connectivity index (χ1) is 18.1. The van der Waals surface area contributed by atoms with Crippen molar-refractivity contribution in [3.63, 3.8) is 0 Å². The highest BCUT2D eigenvalue weighted by molar-refractivity contribution is 7.92. The van der Waals surface area contributed by atoms with E-state index in [0.717, 1.165) is 48.2 Å². The first-order valence-corrected chi connectivity index (χ1v) is 15.1. The molecule has 1 saturated carbocycles. The fourth-order valence-corrected chi connectivity index (χ4v) is 5.71. The van der Waals surface area contributed by atoms with Crippen LogP contribution in [0.5, 0.6) is 11.5 Å². The van der Waals surface area contributed by atoms with Gasteiger partial charge in [0.2, 0.25) is 21.8 Å². The fraction of sp³-hybridized carbons (Fsp3) is 0.481. The lowest BCUT2D eigenvalue weighted by Gasteiger charge is -2.33. The number of hydrogen-bond acceptors (Lipinski definition) is 6. The third-order valence-electron chi connectivity index (χ3n) is 6.88. The average Bonchev–Trinajstić information content (AvgIpc) is 2.90. The second-order valence-corrected chi connectivity index (χ2v) is 12.1. The maximum Gasteiger partial charge on any atom is 0.244 e. The summed E-state index contributed by atoms with van der Waals surface area (Å²) in [5.41, 5.74) is 1.04. The van der Waals surface area contributed by atoms with Gasteiger partial charge < -0.3 is 19.7 Å². The summed E-state index contributed by atoms with van der Waals surface area (Å²) in [4.78, 5) is 28.4. The van der Waals surface area contributed by atoms with Crippen molar-refractivity contribution in [1.82, 2.24) is 10.2 Å². The third kappa shape index (κ3) is 7.11. The molecule has 0 radical (unpaired) electrons. The van der Waals surface area contributed by atoms with Crippen LogP contribution in [0.3, 0.4) is 0 Å². The van der Waals surface area contributed by atoms with E-state index in [1.54, 1.807) is 49.4 Å². The van der Waals surface area contributed by atoms with Gasteiger partial charge in [-0.15, -0.1) is 0 Å². The van der Waals surface area contributed by atoms with Crippen molar-refractivity contribution in [2.75, 3.05) is 30.3 Å². The lowest BCUT2D eigenvalue weighted by molar-refractivity contribution is -0.139. The summed E-state index contributed by atoms with van der Waals surface area (Å²) in [5.74, 6) is 0.154. The molecule has 1 aliphatic heterocycles. The number of rotatable bonds is 9. The van der Waals surface area contributed by atoms with Gasteiger partial charge in [-0.3, -0.25) is 13.9 Å². The van der Waals surface area contributed by atoms with E-state index in [4.69, 9.17) is 21.1 Å². The lowest BCUT2D eigenvalue weighted by Crippen LogP contribution is -2.52. The summed E-state index contributed by atoms with van der Waals surface area (Å²) in [6.07, 6.45) is 6.15. The molecule has 2 amide bonds. The number of ether oxygens (including phenoxy) is 2. The van der Waals surface area contributed by atoms with E-state index in [-0.39, 0.29) is 24.2 Å². The number of anilines is 1. The molecule has 2 aromatic carbocycles. The van der Waals surface area contributed by atoms with Crippen LogP contribution in [0.1, 0.15) is 44.6 Å². The van der Waals surface area contributed by atoms with Crippen LogP contribution < -0.4 is 19.1 Å². The minimum Gasteiger partial charge on any atom is -0.486 e. The quantitative estimate of drug-likeness (QED) is 0.498. The average molecular weight is 564 g/mol. The number of benzene rings is 2. The molecule has 1 N–H and O–H groups in total. The Labute approximate surface area is 229 Å². The summed E-state index contributed by atoms with van der Waals surface area (Å²) in [7, 11) is -3.85. The second-order valence-electron chi connectivity index (χ2n) is 9.77. The molecule has 0 bridgehead atoms. The summed E-state index contributed by atoms with van der Waals surface area (Å²) in [6, 6.07) is 11.0. The van der Waals surface area contributed by atoms with E-state index < -0.39 is 28.5 Å². The number of amides is 2. The SMILES string of the molecule is CC(C(=O)NC1CCCCC1)N(Cc1ccc(Cl)cc1)C(=O)CN(c1ccc2c(c1)OCCO2)S(C)(=O)=O. The first kappa shape index (κ1) is 28.0. The van der Waals surface area contributed by atoms with Gasteiger partial charge >= 0.3 is 0 Å². The van der Waals surface area contributed by atoms with Crippen molar-refractivity contribution in [3.05, 3.63) is 53.1 Å². The number of halogens is 1. The Balaban J connectivity index is 1.58.